The van der Waals surface area contributed by atoms with Crippen LogP contribution in [0.1, 0.15) is 12.8 Å². The standard InChI is InChI=1S/C11H12O2/c12-10-11(6-9(11)7-13-10)8-4-2-1-3-5-8/h1-4,8-9H,5-7H2/t8?,9-,11+/m0/s1. The molecule has 0 spiro atoms. The van der Waals surface area contributed by atoms with Gasteiger partial charge >= 0.3 is 5.97 Å². The third-order valence-corrected chi connectivity index (χ3v) is 3.59. The minimum absolute atomic E-state index is 0.0439. The van der Waals surface area contributed by atoms with E-state index < -0.39 is 0 Å². The third kappa shape index (κ3) is 0.808. The fraction of sp³-hybridized carbons (Fsp3) is 0.545. The molecule has 3 atom stereocenters. The number of carbonyl (C=O) groups is 1. The molecule has 2 nitrogen and oxygen atoms in total. The second-order valence-corrected chi connectivity index (χ2v) is 4.20. The minimum Gasteiger partial charge on any atom is -0.465 e. The summed E-state index contributed by atoms with van der Waals surface area (Å²) in [5.41, 5.74) is -0.110. The molecule has 1 saturated heterocycles. The van der Waals surface area contributed by atoms with Crippen molar-refractivity contribution in [2.24, 2.45) is 17.3 Å². The van der Waals surface area contributed by atoms with Gasteiger partial charge in [0, 0.05) is 5.92 Å². The van der Waals surface area contributed by atoms with Gasteiger partial charge in [0.1, 0.15) is 0 Å². The van der Waals surface area contributed by atoms with Gasteiger partial charge in [0.2, 0.25) is 0 Å². The number of ether oxygens (including phenoxy) is 1. The molecule has 2 heteroatoms. The van der Waals surface area contributed by atoms with E-state index in [1.165, 1.54) is 0 Å². The number of hydrogen-bond donors (Lipinski definition) is 0. The largest absolute Gasteiger partial charge is 0.465 e. The van der Waals surface area contributed by atoms with Crippen LogP contribution in [-0.2, 0) is 9.53 Å². The van der Waals surface area contributed by atoms with E-state index in [0.717, 1.165) is 12.8 Å². The van der Waals surface area contributed by atoms with Gasteiger partial charge in [0.05, 0.1) is 12.0 Å². The van der Waals surface area contributed by atoms with Crippen molar-refractivity contribution in [1.82, 2.24) is 0 Å². The van der Waals surface area contributed by atoms with Crippen LogP contribution in [0.3, 0.4) is 0 Å². The quantitative estimate of drug-likeness (QED) is 0.568. The highest BCUT2D eigenvalue weighted by Crippen LogP contribution is 2.63. The summed E-state index contributed by atoms with van der Waals surface area (Å²) in [6.07, 6.45) is 10.4. The zero-order valence-corrected chi connectivity index (χ0v) is 7.40. The summed E-state index contributed by atoms with van der Waals surface area (Å²) in [6.45, 7) is 0.660. The van der Waals surface area contributed by atoms with Crippen LogP contribution in [0.5, 0.6) is 0 Å². The average molecular weight is 176 g/mol. The summed E-state index contributed by atoms with van der Waals surface area (Å²) < 4.78 is 5.07. The van der Waals surface area contributed by atoms with Gasteiger partial charge in [-0.05, 0) is 18.8 Å². The fourth-order valence-electron chi connectivity index (χ4n) is 2.69. The minimum atomic E-state index is -0.110. The van der Waals surface area contributed by atoms with E-state index in [0.29, 0.717) is 18.4 Å². The maximum atomic E-state index is 11.6. The molecule has 1 aliphatic heterocycles. The first-order chi connectivity index (χ1) is 6.34. The Morgan fingerprint density at radius 1 is 1.46 bits per heavy atom. The number of cyclic esters (lactones) is 1. The zero-order valence-electron chi connectivity index (χ0n) is 7.40. The van der Waals surface area contributed by atoms with Crippen molar-refractivity contribution in [3.63, 3.8) is 0 Å². The molecule has 2 aliphatic carbocycles. The van der Waals surface area contributed by atoms with Crippen molar-refractivity contribution in [1.29, 1.82) is 0 Å². The predicted molar refractivity (Wildman–Crippen MR) is 47.9 cm³/mol. The first-order valence-electron chi connectivity index (χ1n) is 4.84. The molecule has 1 heterocycles. The molecule has 1 unspecified atom stereocenters. The summed E-state index contributed by atoms with van der Waals surface area (Å²) >= 11 is 0. The van der Waals surface area contributed by atoms with Gasteiger partial charge in [0.15, 0.2) is 0 Å². The molecule has 0 amide bonds. The molecule has 13 heavy (non-hydrogen) atoms. The molecule has 3 aliphatic rings. The van der Waals surface area contributed by atoms with Crippen LogP contribution in [0.4, 0.5) is 0 Å². The van der Waals surface area contributed by atoms with Gasteiger partial charge < -0.3 is 4.74 Å². The predicted octanol–water partition coefficient (Wildman–Crippen LogP) is 1.68. The maximum Gasteiger partial charge on any atom is 0.313 e. The number of carbonyl (C=O) groups excluding carboxylic acids is 1. The molecule has 0 aromatic carbocycles. The molecular weight excluding hydrogens is 164 g/mol. The Balaban J connectivity index is 1.89. The van der Waals surface area contributed by atoms with Crippen molar-refractivity contribution in [2.45, 2.75) is 12.8 Å². The van der Waals surface area contributed by atoms with Crippen LogP contribution >= 0.6 is 0 Å². The van der Waals surface area contributed by atoms with Crippen LogP contribution in [0.15, 0.2) is 24.3 Å². The Hall–Kier alpha value is -1.05. The molecule has 0 aromatic rings. The van der Waals surface area contributed by atoms with Gasteiger partial charge in [-0.2, -0.15) is 0 Å². The second kappa shape index (κ2) is 2.25. The maximum absolute atomic E-state index is 11.6. The van der Waals surface area contributed by atoms with Crippen molar-refractivity contribution in [3.8, 4) is 0 Å². The number of esters is 1. The lowest BCUT2D eigenvalue weighted by Crippen LogP contribution is -2.23. The average Bonchev–Trinajstić information content (AvgIpc) is 2.84. The van der Waals surface area contributed by atoms with Gasteiger partial charge in [-0.25, -0.2) is 0 Å². The molecule has 2 fully saturated rings. The molecule has 0 aromatic heterocycles. The van der Waals surface area contributed by atoms with Crippen LogP contribution in [0, 0.1) is 17.3 Å². The first kappa shape index (κ1) is 7.36. The smallest absolute Gasteiger partial charge is 0.313 e. The first-order valence-corrected chi connectivity index (χ1v) is 4.84. The Labute approximate surface area is 77.3 Å². The van der Waals surface area contributed by atoms with E-state index in [2.05, 4.69) is 12.2 Å². The van der Waals surface area contributed by atoms with E-state index in [4.69, 9.17) is 4.74 Å². The monoisotopic (exact) mass is 176 g/mol. The lowest BCUT2D eigenvalue weighted by molar-refractivity contribution is -0.146. The Bertz CT molecular complexity index is 316. The molecule has 0 N–H and O–H groups in total. The summed E-state index contributed by atoms with van der Waals surface area (Å²) in [7, 11) is 0. The number of rotatable bonds is 1. The highest BCUT2D eigenvalue weighted by molar-refractivity contribution is 5.84. The fourth-order valence-corrected chi connectivity index (χ4v) is 2.69. The Kier molecular flexibility index (Phi) is 1.27. The summed E-state index contributed by atoms with van der Waals surface area (Å²) in [5, 5.41) is 0. The molecular formula is C11H12O2. The van der Waals surface area contributed by atoms with Gasteiger partial charge in [0.25, 0.3) is 0 Å². The van der Waals surface area contributed by atoms with Crippen LogP contribution in [-0.4, -0.2) is 12.6 Å². The molecule has 0 radical (unpaired) electrons. The highest BCUT2D eigenvalue weighted by Gasteiger charge is 2.68. The highest BCUT2D eigenvalue weighted by atomic mass is 16.5. The molecule has 68 valence electrons. The Morgan fingerprint density at radius 3 is 2.92 bits per heavy atom. The molecule has 0 bridgehead atoms. The topological polar surface area (TPSA) is 26.3 Å². The number of hydrogen-bond acceptors (Lipinski definition) is 2. The van der Waals surface area contributed by atoms with Crippen molar-refractivity contribution >= 4 is 5.97 Å². The molecule has 1 saturated carbocycles. The van der Waals surface area contributed by atoms with Crippen LogP contribution in [0.2, 0.25) is 0 Å². The van der Waals surface area contributed by atoms with Gasteiger partial charge in [-0.15, -0.1) is 0 Å². The van der Waals surface area contributed by atoms with Gasteiger partial charge in [-0.1, -0.05) is 24.3 Å². The van der Waals surface area contributed by atoms with E-state index in [9.17, 15) is 4.79 Å². The lowest BCUT2D eigenvalue weighted by Gasteiger charge is -2.19. The SMILES string of the molecule is O=C1OC[C@@H]2C[C@]12C1C=CC=CC1. The number of fused-ring (bicyclic) bond motifs is 1. The zero-order chi connectivity index (χ0) is 8.89. The van der Waals surface area contributed by atoms with E-state index in [-0.39, 0.29) is 11.4 Å². The van der Waals surface area contributed by atoms with E-state index in [1.54, 1.807) is 0 Å². The second-order valence-electron chi connectivity index (χ2n) is 4.20. The third-order valence-electron chi connectivity index (χ3n) is 3.59. The van der Waals surface area contributed by atoms with Crippen molar-refractivity contribution in [3.05, 3.63) is 24.3 Å². The van der Waals surface area contributed by atoms with Gasteiger partial charge in [-0.3, -0.25) is 4.79 Å². The van der Waals surface area contributed by atoms with E-state index in [1.807, 2.05) is 12.2 Å². The van der Waals surface area contributed by atoms with Crippen molar-refractivity contribution < 1.29 is 9.53 Å². The Morgan fingerprint density at radius 2 is 2.38 bits per heavy atom. The summed E-state index contributed by atoms with van der Waals surface area (Å²) in [6, 6.07) is 0. The lowest BCUT2D eigenvalue weighted by atomic mass is 9.83. The summed E-state index contributed by atoms with van der Waals surface area (Å²) in [4.78, 5) is 11.6. The van der Waals surface area contributed by atoms with Crippen LogP contribution < -0.4 is 0 Å². The molecule has 3 rings (SSSR count). The van der Waals surface area contributed by atoms with E-state index >= 15 is 0 Å². The normalized spacial score (nSPS) is 46.0. The van der Waals surface area contributed by atoms with Crippen LogP contribution in [0.25, 0.3) is 0 Å². The summed E-state index contributed by atoms with van der Waals surface area (Å²) in [5.74, 6) is 0.959. The number of allylic oxidation sites excluding steroid dienone is 4. The van der Waals surface area contributed by atoms with Crippen molar-refractivity contribution in [2.75, 3.05) is 6.61 Å².